The van der Waals surface area contributed by atoms with Gasteiger partial charge in [-0.25, -0.2) is 0 Å². The van der Waals surface area contributed by atoms with E-state index in [0.717, 1.165) is 0 Å². The number of halogens is 2. The molecule has 8 heteroatoms. The van der Waals surface area contributed by atoms with Gasteiger partial charge >= 0.3 is 6.61 Å². The van der Waals surface area contributed by atoms with Crippen molar-refractivity contribution >= 4 is 23.2 Å². The monoisotopic (exact) mass is 361 g/mol. The van der Waals surface area contributed by atoms with Crippen molar-refractivity contribution in [3.63, 3.8) is 0 Å². The number of hydrogen-bond donors (Lipinski definition) is 2. The van der Waals surface area contributed by atoms with E-state index in [9.17, 15) is 18.4 Å². The molecule has 0 saturated carbocycles. The molecule has 0 aromatic heterocycles. The summed E-state index contributed by atoms with van der Waals surface area (Å²) >= 11 is 0. The summed E-state index contributed by atoms with van der Waals surface area (Å²) in [6.45, 7) is -1.99. The Bertz CT molecular complexity index is 797. The molecule has 0 spiro atoms. The first-order valence-corrected chi connectivity index (χ1v) is 8.00. The van der Waals surface area contributed by atoms with E-state index in [4.69, 9.17) is 0 Å². The number of alkyl halides is 2. The number of benzene rings is 2. The molecule has 2 amide bonds. The highest BCUT2D eigenvalue weighted by Crippen LogP contribution is 2.24. The molecule has 0 atom stereocenters. The molecular weight excluding hydrogens is 344 g/mol. The molecule has 3 rings (SSSR count). The number of nitrogens with one attached hydrogen (secondary N) is 2. The molecule has 1 saturated heterocycles. The summed E-state index contributed by atoms with van der Waals surface area (Å²) < 4.78 is 28.7. The van der Waals surface area contributed by atoms with Crippen molar-refractivity contribution in [1.29, 1.82) is 0 Å². The van der Waals surface area contributed by atoms with Crippen molar-refractivity contribution in [2.24, 2.45) is 0 Å². The molecule has 2 N–H and O–H groups in total. The highest BCUT2D eigenvalue weighted by atomic mass is 19.3. The van der Waals surface area contributed by atoms with E-state index in [1.165, 1.54) is 17.0 Å². The lowest BCUT2D eigenvalue weighted by Gasteiger charge is -2.27. The summed E-state index contributed by atoms with van der Waals surface area (Å²) in [5.41, 5.74) is 1.60. The van der Waals surface area contributed by atoms with Gasteiger partial charge in [-0.2, -0.15) is 8.78 Å². The fraction of sp³-hybridized carbons (Fsp3) is 0.222. The van der Waals surface area contributed by atoms with E-state index in [0.29, 0.717) is 30.0 Å². The van der Waals surface area contributed by atoms with Crippen LogP contribution < -0.4 is 15.4 Å². The standard InChI is InChI=1S/C18H17F2N3O3/c19-18(20)26-13-7-5-12(6-8-13)22-15-4-2-1-3-14(15)17(25)23-10-9-21-16(24)11-23/h1-8,18,22H,9-11H2,(H,21,24). The molecule has 0 bridgehead atoms. The first-order chi connectivity index (χ1) is 12.5. The number of carbonyl (C=O) groups is 2. The van der Waals surface area contributed by atoms with Gasteiger partial charge in [0, 0.05) is 18.8 Å². The van der Waals surface area contributed by atoms with Crippen LogP contribution in [0.4, 0.5) is 20.2 Å². The van der Waals surface area contributed by atoms with Gasteiger partial charge in [0.25, 0.3) is 5.91 Å². The highest BCUT2D eigenvalue weighted by Gasteiger charge is 2.24. The van der Waals surface area contributed by atoms with E-state index in [1.54, 1.807) is 36.4 Å². The van der Waals surface area contributed by atoms with Crippen LogP contribution in [0.2, 0.25) is 0 Å². The van der Waals surface area contributed by atoms with Crippen molar-refractivity contribution in [2.75, 3.05) is 25.0 Å². The molecule has 26 heavy (non-hydrogen) atoms. The Morgan fingerprint density at radius 1 is 1.15 bits per heavy atom. The van der Waals surface area contributed by atoms with E-state index >= 15 is 0 Å². The first-order valence-electron chi connectivity index (χ1n) is 8.00. The number of anilines is 2. The Morgan fingerprint density at radius 3 is 2.58 bits per heavy atom. The molecule has 1 aliphatic rings. The smallest absolute Gasteiger partial charge is 0.387 e. The second-order valence-corrected chi connectivity index (χ2v) is 5.65. The predicted octanol–water partition coefficient (Wildman–Crippen LogP) is 2.60. The third-order valence-corrected chi connectivity index (χ3v) is 3.84. The SMILES string of the molecule is O=C1CN(C(=O)c2ccccc2Nc2ccc(OC(F)F)cc2)CCN1. The molecule has 6 nitrogen and oxygen atoms in total. The average molecular weight is 361 g/mol. The van der Waals surface area contributed by atoms with Gasteiger partial charge in [-0.15, -0.1) is 0 Å². The normalized spacial score (nSPS) is 14.1. The highest BCUT2D eigenvalue weighted by molar-refractivity contribution is 6.02. The number of carbonyl (C=O) groups excluding carboxylic acids is 2. The Morgan fingerprint density at radius 2 is 1.88 bits per heavy atom. The summed E-state index contributed by atoms with van der Waals surface area (Å²) in [4.78, 5) is 25.7. The van der Waals surface area contributed by atoms with E-state index in [2.05, 4.69) is 15.4 Å². The molecule has 2 aromatic rings. The zero-order chi connectivity index (χ0) is 18.5. The van der Waals surface area contributed by atoms with Crippen LogP contribution in [0.5, 0.6) is 5.75 Å². The minimum absolute atomic E-state index is 0.0207. The lowest BCUT2D eigenvalue weighted by atomic mass is 10.1. The van der Waals surface area contributed by atoms with Crippen molar-refractivity contribution in [3.05, 3.63) is 54.1 Å². The molecule has 0 radical (unpaired) electrons. The van der Waals surface area contributed by atoms with Gasteiger partial charge in [0.05, 0.1) is 17.8 Å². The second-order valence-electron chi connectivity index (χ2n) is 5.65. The lowest BCUT2D eigenvalue weighted by Crippen LogP contribution is -2.50. The number of ether oxygens (including phenoxy) is 1. The predicted molar refractivity (Wildman–Crippen MR) is 91.7 cm³/mol. The third kappa shape index (κ3) is 4.27. The molecule has 0 unspecified atom stereocenters. The molecule has 0 aliphatic carbocycles. The van der Waals surface area contributed by atoms with Crippen LogP contribution >= 0.6 is 0 Å². The van der Waals surface area contributed by atoms with Gasteiger partial charge in [0.2, 0.25) is 5.91 Å². The van der Waals surface area contributed by atoms with Crippen LogP contribution in [0.3, 0.4) is 0 Å². The van der Waals surface area contributed by atoms with Crippen molar-refractivity contribution in [1.82, 2.24) is 10.2 Å². The number of nitrogens with zero attached hydrogens (tertiary/aromatic N) is 1. The van der Waals surface area contributed by atoms with Crippen LogP contribution in [-0.2, 0) is 4.79 Å². The minimum Gasteiger partial charge on any atom is -0.435 e. The van der Waals surface area contributed by atoms with E-state index < -0.39 is 6.61 Å². The first kappa shape index (κ1) is 17.7. The molecule has 1 aliphatic heterocycles. The number of rotatable bonds is 5. The van der Waals surface area contributed by atoms with Crippen LogP contribution in [0.25, 0.3) is 0 Å². The lowest BCUT2D eigenvalue weighted by molar-refractivity contribution is -0.123. The quantitative estimate of drug-likeness (QED) is 0.859. The van der Waals surface area contributed by atoms with Gasteiger partial charge in [-0.1, -0.05) is 12.1 Å². The van der Waals surface area contributed by atoms with Crippen molar-refractivity contribution < 1.29 is 23.1 Å². The molecule has 136 valence electrons. The minimum atomic E-state index is -2.88. The largest absolute Gasteiger partial charge is 0.435 e. The number of piperazine rings is 1. The summed E-state index contributed by atoms with van der Waals surface area (Å²) in [6.07, 6.45) is 0. The second kappa shape index (κ2) is 7.81. The van der Waals surface area contributed by atoms with E-state index in [-0.39, 0.29) is 24.1 Å². The maximum Gasteiger partial charge on any atom is 0.387 e. The van der Waals surface area contributed by atoms with Gasteiger partial charge in [-0.3, -0.25) is 9.59 Å². The van der Waals surface area contributed by atoms with Crippen LogP contribution in [0, 0.1) is 0 Å². The Kier molecular flexibility index (Phi) is 5.31. The number of para-hydroxylation sites is 1. The molecular formula is C18H17F2N3O3. The van der Waals surface area contributed by atoms with Crippen LogP contribution in [0.1, 0.15) is 10.4 Å². The van der Waals surface area contributed by atoms with Gasteiger partial charge in [0.15, 0.2) is 0 Å². The van der Waals surface area contributed by atoms with Gasteiger partial charge < -0.3 is 20.3 Å². The fourth-order valence-corrected chi connectivity index (χ4v) is 2.64. The summed E-state index contributed by atoms with van der Waals surface area (Å²) in [7, 11) is 0. The summed E-state index contributed by atoms with van der Waals surface area (Å²) in [5, 5.41) is 5.77. The Labute approximate surface area is 148 Å². The van der Waals surface area contributed by atoms with Crippen molar-refractivity contribution in [2.45, 2.75) is 6.61 Å². The van der Waals surface area contributed by atoms with Crippen molar-refractivity contribution in [3.8, 4) is 5.75 Å². The maximum absolute atomic E-state index is 12.7. The van der Waals surface area contributed by atoms with Gasteiger partial charge in [-0.05, 0) is 36.4 Å². The average Bonchev–Trinajstić information content (AvgIpc) is 2.63. The number of amides is 2. The summed E-state index contributed by atoms with van der Waals surface area (Å²) in [6, 6.07) is 12.9. The molecule has 1 heterocycles. The van der Waals surface area contributed by atoms with Gasteiger partial charge in [0.1, 0.15) is 5.75 Å². The fourth-order valence-electron chi connectivity index (χ4n) is 2.64. The molecule has 2 aromatic carbocycles. The van der Waals surface area contributed by atoms with Crippen LogP contribution in [0.15, 0.2) is 48.5 Å². The Hall–Kier alpha value is -3.16. The topological polar surface area (TPSA) is 70.7 Å². The third-order valence-electron chi connectivity index (χ3n) is 3.84. The summed E-state index contributed by atoms with van der Waals surface area (Å²) in [5.74, 6) is -0.389. The zero-order valence-electron chi connectivity index (χ0n) is 13.7. The van der Waals surface area contributed by atoms with E-state index in [1.807, 2.05) is 0 Å². The Balaban J connectivity index is 1.76. The molecule has 1 fully saturated rings. The maximum atomic E-state index is 12.7. The van der Waals surface area contributed by atoms with Crippen LogP contribution in [-0.4, -0.2) is 43.0 Å². The number of hydrogen-bond acceptors (Lipinski definition) is 4. The zero-order valence-corrected chi connectivity index (χ0v) is 13.7.